The molecule has 2 aliphatic heterocycles. The zero-order valence-corrected chi connectivity index (χ0v) is 22.7. The van der Waals surface area contributed by atoms with Crippen LogP contribution in [-0.2, 0) is 21.3 Å². The fourth-order valence-corrected chi connectivity index (χ4v) is 5.72. The number of halogens is 4. The number of hydrogen-bond donors (Lipinski definition) is 0. The third kappa shape index (κ3) is 6.12. The van der Waals surface area contributed by atoms with E-state index in [0.29, 0.717) is 50.1 Å². The number of anilines is 1. The van der Waals surface area contributed by atoms with Crippen molar-refractivity contribution in [2.24, 2.45) is 5.41 Å². The van der Waals surface area contributed by atoms with Crippen LogP contribution in [-0.4, -0.2) is 36.1 Å². The number of ether oxygens (including phenoxy) is 2. The number of methoxy groups -OCH3 is 1. The molecule has 10 heteroatoms. The lowest BCUT2D eigenvalue weighted by atomic mass is 9.64. The molecule has 1 amide bonds. The van der Waals surface area contributed by atoms with E-state index >= 15 is 0 Å². The summed E-state index contributed by atoms with van der Waals surface area (Å²) in [5.41, 5.74) is 1.99. The molecule has 6 nitrogen and oxygen atoms in total. The molecule has 41 heavy (non-hydrogen) atoms. The molecule has 0 spiro atoms. The number of amides is 1. The number of carbonyl (C=O) groups excluding carboxylic acids is 1. The van der Waals surface area contributed by atoms with Crippen molar-refractivity contribution in [3.05, 3.63) is 84.7 Å². The SMILES string of the molecule is C=C(F)CCC(=O)N(CC12CCC(c3cnc(C(F)(F)F)nc3)(CC1)OC2)c1cccc(-c2ccc(OC)cc2)c1. The van der Waals surface area contributed by atoms with Gasteiger partial charge in [0.1, 0.15) is 5.75 Å². The highest BCUT2D eigenvalue weighted by molar-refractivity contribution is 5.94. The van der Waals surface area contributed by atoms with Gasteiger partial charge in [-0.05, 0) is 61.1 Å². The first-order chi connectivity index (χ1) is 19.5. The summed E-state index contributed by atoms with van der Waals surface area (Å²) in [6.45, 7) is 3.99. The lowest BCUT2D eigenvalue weighted by molar-refractivity contribution is -0.187. The van der Waals surface area contributed by atoms with Gasteiger partial charge in [-0.2, -0.15) is 13.2 Å². The number of fused-ring (bicyclic) bond motifs is 3. The molecule has 3 fully saturated rings. The molecule has 3 aliphatic rings. The fourth-order valence-electron chi connectivity index (χ4n) is 5.72. The molecule has 6 rings (SSSR count). The summed E-state index contributed by atoms with van der Waals surface area (Å²) in [7, 11) is 1.60. The molecule has 2 aromatic carbocycles. The van der Waals surface area contributed by atoms with E-state index in [1.165, 1.54) is 12.4 Å². The maximum atomic E-state index is 13.5. The number of benzene rings is 2. The molecule has 2 saturated heterocycles. The summed E-state index contributed by atoms with van der Waals surface area (Å²) in [4.78, 5) is 22.2. The molecule has 1 aliphatic carbocycles. The Balaban J connectivity index is 1.37. The van der Waals surface area contributed by atoms with Crippen LogP contribution < -0.4 is 9.64 Å². The molecule has 0 radical (unpaired) electrons. The van der Waals surface area contributed by atoms with Crippen LogP contribution in [0.5, 0.6) is 5.75 Å². The van der Waals surface area contributed by atoms with Crippen molar-refractivity contribution < 1.29 is 31.8 Å². The van der Waals surface area contributed by atoms with Crippen molar-refractivity contribution in [1.82, 2.24) is 9.97 Å². The third-order valence-electron chi connectivity index (χ3n) is 8.19. The van der Waals surface area contributed by atoms with Crippen molar-refractivity contribution in [1.29, 1.82) is 0 Å². The van der Waals surface area contributed by atoms with Crippen molar-refractivity contribution in [2.45, 2.75) is 50.3 Å². The van der Waals surface area contributed by atoms with Gasteiger partial charge in [-0.15, -0.1) is 0 Å². The molecule has 2 bridgehead atoms. The van der Waals surface area contributed by atoms with Crippen LogP contribution in [0.1, 0.15) is 49.9 Å². The summed E-state index contributed by atoms with van der Waals surface area (Å²) in [5.74, 6) is -1.21. The standard InChI is InChI=1S/C31H31F4N3O3/c1-21(32)6-11-27(39)38(25-5-3-4-23(16-25)22-7-9-26(40-2)10-8-22)19-29-12-14-30(15-13-29,41-20-29)24-17-36-28(37-18-24)31(33,34)35/h3-5,7-10,16-18H,1,6,11-15,19-20H2,2H3. The maximum Gasteiger partial charge on any atom is 0.451 e. The molecule has 216 valence electrons. The van der Waals surface area contributed by atoms with Crippen LogP contribution in [0.3, 0.4) is 0 Å². The van der Waals surface area contributed by atoms with Gasteiger partial charge in [-0.1, -0.05) is 30.8 Å². The van der Waals surface area contributed by atoms with E-state index in [4.69, 9.17) is 9.47 Å². The first-order valence-corrected chi connectivity index (χ1v) is 13.4. The Morgan fingerprint density at radius 1 is 1.02 bits per heavy atom. The Labute approximate surface area is 236 Å². The zero-order chi connectivity index (χ0) is 29.3. The minimum absolute atomic E-state index is 0.0220. The Bertz CT molecular complexity index is 1380. The van der Waals surface area contributed by atoms with Gasteiger partial charge in [0.25, 0.3) is 0 Å². The summed E-state index contributed by atoms with van der Waals surface area (Å²) in [5, 5.41) is 0. The molecular formula is C31H31F4N3O3. The lowest BCUT2D eigenvalue weighted by Gasteiger charge is -2.54. The Morgan fingerprint density at radius 3 is 2.27 bits per heavy atom. The van der Waals surface area contributed by atoms with Crippen molar-refractivity contribution in [3.63, 3.8) is 0 Å². The number of rotatable bonds is 9. The average Bonchev–Trinajstić information content (AvgIpc) is 2.99. The van der Waals surface area contributed by atoms with E-state index < -0.39 is 23.4 Å². The molecule has 0 atom stereocenters. The summed E-state index contributed by atoms with van der Waals surface area (Å²) < 4.78 is 64.0. The van der Waals surface area contributed by atoms with E-state index in [9.17, 15) is 22.4 Å². The second-order valence-corrected chi connectivity index (χ2v) is 10.9. The number of alkyl halides is 3. The quantitative estimate of drug-likeness (QED) is 0.254. The summed E-state index contributed by atoms with van der Waals surface area (Å²) >= 11 is 0. The lowest BCUT2D eigenvalue weighted by Crippen LogP contribution is -2.54. The zero-order valence-electron chi connectivity index (χ0n) is 22.7. The second kappa shape index (κ2) is 11.2. The molecule has 3 aromatic rings. The van der Waals surface area contributed by atoms with Gasteiger partial charge in [0.2, 0.25) is 11.7 Å². The highest BCUT2D eigenvalue weighted by Crippen LogP contribution is 2.54. The van der Waals surface area contributed by atoms with Crippen LogP contribution >= 0.6 is 0 Å². The van der Waals surface area contributed by atoms with Gasteiger partial charge in [-0.25, -0.2) is 14.4 Å². The smallest absolute Gasteiger partial charge is 0.451 e. The minimum atomic E-state index is -4.61. The molecule has 1 aromatic heterocycles. The van der Waals surface area contributed by atoms with E-state index in [1.807, 2.05) is 48.5 Å². The first kappa shape index (κ1) is 28.7. The van der Waals surface area contributed by atoms with Gasteiger partial charge < -0.3 is 14.4 Å². The largest absolute Gasteiger partial charge is 0.497 e. The Kier molecular flexibility index (Phi) is 7.87. The number of nitrogens with zero attached hydrogens (tertiary/aromatic N) is 3. The van der Waals surface area contributed by atoms with Gasteiger partial charge in [0.05, 0.1) is 25.1 Å². The highest BCUT2D eigenvalue weighted by atomic mass is 19.4. The van der Waals surface area contributed by atoms with E-state index in [-0.39, 0.29) is 24.2 Å². The monoisotopic (exact) mass is 569 g/mol. The fraction of sp³-hybridized carbons (Fsp3) is 0.387. The molecule has 0 unspecified atom stereocenters. The van der Waals surface area contributed by atoms with E-state index in [1.54, 1.807) is 12.0 Å². The van der Waals surface area contributed by atoms with Gasteiger partial charge in [-0.3, -0.25) is 4.79 Å². The van der Waals surface area contributed by atoms with Crippen LogP contribution in [0.15, 0.2) is 73.3 Å². The second-order valence-electron chi connectivity index (χ2n) is 10.9. The minimum Gasteiger partial charge on any atom is -0.497 e. The van der Waals surface area contributed by atoms with Crippen LogP contribution in [0, 0.1) is 5.41 Å². The van der Waals surface area contributed by atoms with Crippen LogP contribution in [0.4, 0.5) is 23.2 Å². The number of hydrogen-bond acceptors (Lipinski definition) is 5. The van der Waals surface area contributed by atoms with Gasteiger partial charge in [0.15, 0.2) is 0 Å². The Morgan fingerprint density at radius 2 is 1.71 bits per heavy atom. The number of carbonyl (C=O) groups is 1. The normalized spacial score (nSPS) is 21.9. The van der Waals surface area contributed by atoms with E-state index in [2.05, 4.69) is 16.5 Å². The van der Waals surface area contributed by atoms with Crippen LogP contribution in [0.2, 0.25) is 0 Å². The number of aromatic nitrogens is 2. The summed E-state index contributed by atoms with van der Waals surface area (Å²) in [6.07, 6.45) is 0.253. The average molecular weight is 570 g/mol. The van der Waals surface area contributed by atoms with Gasteiger partial charge >= 0.3 is 6.18 Å². The van der Waals surface area contributed by atoms with Crippen LogP contribution in [0.25, 0.3) is 11.1 Å². The predicted octanol–water partition coefficient (Wildman–Crippen LogP) is 7.25. The topological polar surface area (TPSA) is 64.6 Å². The molecule has 1 saturated carbocycles. The predicted molar refractivity (Wildman–Crippen MR) is 146 cm³/mol. The van der Waals surface area contributed by atoms with E-state index in [0.717, 1.165) is 16.9 Å². The molecule has 0 N–H and O–H groups in total. The molecular weight excluding hydrogens is 538 g/mol. The highest BCUT2D eigenvalue weighted by Gasteiger charge is 2.52. The van der Waals surface area contributed by atoms with Gasteiger partial charge in [0, 0.05) is 48.4 Å². The Hall–Kier alpha value is -3.79. The maximum absolute atomic E-state index is 13.5. The number of allylic oxidation sites excluding steroid dienone is 1. The van der Waals surface area contributed by atoms with Crippen molar-refractivity contribution in [3.8, 4) is 16.9 Å². The first-order valence-electron chi connectivity index (χ1n) is 13.4. The third-order valence-corrected chi connectivity index (χ3v) is 8.19. The summed E-state index contributed by atoms with van der Waals surface area (Å²) in [6, 6.07) is 15.3. The van der Waals surface area contributed by atoms with Crippen molar-refractivity contribution >= 4 is 11.6 Å². The molecule has 3 heterocycles. The van der Waals surface area contributed by atoms with Crippen molar-refractivity contribution in [2.75, 3.05) is 25.2 Å².